The molecule has 6 heteroatoms. The molecule has 0 radical (unpaired) electrons. The molecule has 0 atom stereocenters. The van der Waals surface area contributed by atoms with E-state index in [-0.39, 0.29) is 18.0 Å². The van der Waals surface area contributed by atoms with E-state index in [0.29, 0.717) is 5.92 Å². The highest BCUT2D eigenvalue weighted by atomic mass is 32.1. The summed E-state index contributed by atoms with van der Waals surface area (Å²) in [6, 6.07) is 10.6. The van der Waals surface area contributed by atoms with E-state index in [1.165, 1.54) is 20.6 Å². The highest BCUT2D eigenvalue weighted by molar-refractivity contribution is 7.18. The van der Waals surface area contributed by atoms with Gasteiger partial charge in [-0.15, -0.1) is 11.3 Å². The van der Waals surface area contributed by atoms with Gasteiger partial charge in [0, 0.05) is 18.0 Å². The smallest absolute Gasteiger partial charge is 0.262 e. The van der Waals surface area contributed by atoms with Crippen LogP contribution in [0, 0.1) is 5.92 Å². The Morgan fingerprint density at radius 3 is 2.72 bits per heavy atom. The van der Waals surface area contributed by atoms with Crippen LogP contribution in [-0.2, 0) is 30.6 Å². The molecule has 2 aliphatic rings. The number of benzene rings is 1. The van der Waals surface area contributed by atoms with Crippen molar-refractivity contribution in [3.8, 4) is 0 Å². The largest absolute Gasteiger partial charge is 0.341 e. The van der Waals surface area contributed by atoms with Crippen molar-refractivity contribution < 1.29 is 4.79 Å². The summed E-state index contributed by atoms with van der Waals surface area (Å²) in [5.74, 6) is 0.647. The van der Waals surface area contributed by atoms with E-state index in [2.05, 4.69) is 29.2 Å². The fraction of sp³-hybridized carbons (Fsp3) is 0.435. The minimum Gasteiger partial charge on any atom is -0.341 e. The Bertz CT molecular complexity index is 1090. The maximum atomic E-state index is 13.0. The molecule has 150 valence electrons. The minimum atomic E-state index is -0.0540. The van der Waals surface area contributed by atoms with Crippen LogP contribution in [0.25, 0.3) is 10.2 Å². The molecule has 1 saturated heterocycles. The van der Waals surface area contributed by atoms with Crippen molar-refractivity contribution in [3.05, 3.63) is 63.0 Å². The Morgan fingerprint density at radius 1 is 1.14 bits per heavy atom. The molecule has 3 aromatic rings. The third kappa shape index (κ3) is 3.62. The summed E-state index contributed by atoms with van der Waals surface area (Å²) in [7, 11) is 0. The van der Waals surface area contributed by atoms with Gasteiger partial charge in [0.1, 0.15) is 11.4 Å². The lowest BCUT2D eigenvalue weighted by atomic mass is 9.90. The summed E-state index contributed by atoms with van der Waals surface area (Å²) in [5.41, 5.74) is 2.49. The van der Waals surface area contributed by atoms with Gasteiger partial charge in [-0.1, -0.05) is 30.3 Å². The Morgan fingerprint density at radius 2 is 1.93 bits per heavy atom. The van der Waals surface area contributed by atoms with E-state index in [4.69, 9.17) is 0 Å². The molecule has 5 rings (SSSR count). The maximum absolute atomic E-state index is 13.0. The first-order valence-electron chi connectivity index (χ1n) is 10.5. The Balaban J connectivity index is 1.24. The molecule has 0 saturated carbocycles. The zero-order chi connectivity index (χ0) is 19.8. The second kappa shape index (κ2) is 7.75. The lowest BCUT2D eigenvalue weighted by Crippen LogP contribution is -2.41. The number of nitrogens with zero attached hydrogens (tertiary/aromatic N) is 3. The summed E-state index contributed by atoms with van der Waals surface area (Å²) in [6.45, 7) is 1.64. The summed E-state index contributed by atoms with van der Waals surface area (Å²) >= 11 is 1.64. The molecule has 0 spiro atoms. The van der Waals surface area contributed by atoms with E-state index in [0.717, 1.165) is 61.8 Å². The molecule has 1 amide bonds. The number of carbonyl (C=O) groups is 1. The molecule has 0 unspecified atom stereocenters. The predicted molar refractivity (Wildman–Crippen MR) is 115 cm³/mol. The zero-order valence-electron chi connectivity index (χ0n) is 16.5. The first kappa shape index (κ1) is 18.6. The summed E-state index contributed by atoms with van der Waals surface area (Å²) in [4.78, 5) is 34.3. The van der Waals surface area contributed by atoms with E-state index in [1.54, 1.807) is 17.7 Å². The summed E-state index contributed by atoms with van der Waals surface area (Å²) in [6.07, 6.45) is 7.78. The van der Waals surface area contributed by atoms with E-state index in [1.807, 2.05) is 11.0 Å². The van der Waals surface area contributed by atoms with Crippen LogP contribution in [0.3, 0.4) is 0 Å². The molecule has 3 heterocycles. The average Bonchev–Trinajstić information content (AvgIpc) is 3.32. The van der Waals surface area contributed by atoms with Gasteiger partial charge in [0.2, 0.25) is 5.91 Å². The number of aryl methyl sites for hydroxylation is 2. The number of hydrogen-bond acceptors (Lipinski definition) is 4. The monoisotopic (exact) mass is 407 g/mol. The van der Waals surface area contributed by atoms with Gasteiger partial charge in [-0.25, -0.2) is 4.98 Å². The van der Waals surface area contributed by atoms with E-state index >= 15 is 0 Å². The van der Waals surface area contributed by atoms with E-state index < -0.39 is 0 Å². The van der Waals surface area contributed by atoms with E-state index in [9.17, 15) is 9.59 Å². The second-order valence-corrected chi connectivity index (χ2v) is 9.31. The predicted octanol–water partition coefficient (Wildman–Crippen LogP) is 3.43. The van der Waals surface area contributed by atoms with Crippen molar-refractivity contribution in [2.24, 2.45) is 5.92 Å². The van der Waals surface area contributed by atoms with Gasteiger partial charge < -0.3 is 4.90 Å². The lowest BCUT2D eigenvalue weighted by molar-refractivity contribution is -0.133. The molecule has 1 aliphatic heterocycles. The Hall–Kier alpha value is -2.47. The quantitative estimate of drug-likeness (QED) is 0.666. The normalized spacial score (nSPS) is 17.0. The number of aromatic nitrogens is 2. The van der Waals surface area contributed by atoms with Gasteiger partial charge in [-0.2, -0.15) is 0 Å². The van der Waals surface area contributed by atoms with Gasteiger partial charge in [0.15, 0.2) is 0 Å². The minimum absolute atomic E-state index is 0.0262. The molecular formula is C23H25N3O2S. The van der Waals surface area contributed by atoms with Crippen LogP contribution in [0.5, 0.6) is 0 Å². The third-order valence-electron chi connectivity index (χ3n) is 6.33. The molecule has 2 aromatic heterocycles. The fourth-order valence-corrected chi connectivity index (χ4v) is 5.93. The molecule has 5 nitrogen and oxygen atoms in total. The summed E-state index contributed by atoms with van der Waals surface area (Å²) in [5, 5.41) is 0.749. The van der Waals surface area contributed by atoms with Gasteiger partial charge >= 0.3 is 0 Å². The van der Waals surface area contributed by atoms with Crippen molar-refractivity contribution in [3.63, 3.8) is 0 Å². The molecule has 29 heavy (non-hydrogen) atoms. The fourth-order valence-electron chi connectivity index (χ4n) is 4.71. The highest BCUT2D eigenvalue weighted by Gasteiger charge is 2.25. The van der Waals surface area contributed by atoms with Crippen LogP contribution >= 0.6 is 11.3 Å². The van der Waals surface area contributed by atoms with Crippen LogP contribution < -0.4 is 5.56 Å². The van der Waals surface area contributed by atoms with Gasteiger partial charge in [-0.3, -0.25) is 14.2 Å². The number of piperidine rings is 1. The van der Waals surface area contributed by atoms with Crippen LogP contribution in [0.1, 0.15) is 35.3 Å². The summed E-state index contributed by atoms with van der Waals surface area (Å²) < 4.78 is 1.51. The van der Waals surface area contributed by atoms with Gasteiger partial charge in [0.05, 0.1) is 11.7 Å². The van der Waals surface area contributed by atoms with Crippen molar-refractivity contribution >= 4 is 27.5 Å². The molecule has 1 fully saturated rings. The molecule has 0 bridgehead atoms. The maximum Gasteiger partial charge on any atom is 0.262 e. The molecule has 1 aromatic carbocycles. The number of rotatable bonds is 4. The molecule has 0 N–H and O–H groups in total. The third-order valence-corrected chi connectivity index (χ3v) is 7.53. The van der Waals surface area contributed by atoms with Crippen LogP contribution in [0.2, 0.25) is 0 Å². The molecular weight excluding hydrogens is 382 g/mol. The highest BCUT2D eigenvalue weighted by Crippen LogP contribution is 2.34. The number of fused-ring (bicyclic) bond motifs is 3. The number of carbonyl (C=O) groups excluding carboxylic acids is 1. The topological polar surface area (TPSA) is 55.2 Å². The van der Waals surface area contributed by atoms with Crippen molar-refractivity contribution in [1.82, 2.24) is 14.5 Å². The van der Waals surface area contributed by atoms with Crippen LogP contribution in [0.15, 0.2) is 41.5 Å². The Labute approximate surface area is 174 Å². The first-order chi connectivity index (χ1) is 14.2. The van der Waals surface area contributed by atoms with Gasteiger partial charge in [-0.05, 0) is 55.6 Å². The SMILES string of the molecule is O=C(Cn1cnc2sc3c(c2c1=O)CCC3)N1CCC(Cc2ccccc2)CC1. The zero-order valence-corrected chi connectivity index (χ0v) is 17.3. The second-order valence-electron chi connectivity index (χ2n) is 8.23. The lowest BCUT2D eigenvalue weighted by Gasteiger charge is -2.32. The first-order valence-corrected chi connectivity index (χ1v) is 11.3. The van der Waals surface area contributed by atoms with Crippen molar-refractivity contribution in [2.45, 2.75) is 45.1 Å². The van der Waals surface area contributed by atoms with Crippen molar-refractivity contribution in [1.29, 1.82) is 0 Å². The van der Waals surface area contributed by atoms with Crippen LogP contribution in [-0.4, -0.2) is 33.4 Å². The van der Waals surface area contributed by atoms with Crippen molar-refractivity contribution in [2.75, 3.05) is 13.1 Å². The Kier molecular flexibility index (Phi) is 4.96. The van der Waals surface area contributed by atoms with Crippen LogP contribution in [0.4, 0.5) is 0 Å². The van der Waals surface area contributed by atoms with Gasteiger partial charge in [0.25, 0.3) is 5.56 Å². The number of likely N-dealkylation sites (tertiary alicyclic amines) is 1. The standard InChI is InChI=1S/C23H25N3O2S/c27-20(25-11-9-17(10-12-25)13-16-5-2-1-3-6-16)14-26-15-24-22-21(23(26)28)18-7-4-8-19(18)29-22/h1-3,5-6,15,17H,4,7-14H2. The number of hydrogen-bond donors (Lipinski definition) is 0. The number of amides is 1. The molecule has 1 aliphatic carbocycles. The average molecular weight is 408 g/mol. The number of thiophene rings is 1.